The smallest absolute Gasteiger partial charge is 0.211 e. The highest BCUT2D eigenvalue weighted by Crippen LogP contribution is 2.04. The molecule has 1 atom stereocenters. The van der Waals surface area contributed by atoms with Gasteiger partial charge in [0.15, 0.2) is 0 Å². The number of aryl methyl sites for hydroxylation is 1. The number of aromatic nitrogens is 1. The second-order valence-electron chi connectivity index (χ2n) is 4.32. The summed E-state index contributed by atoms with van der Waals surface area (Å²) in [6.45, 7) is 2.53. The standard InChI is InChI=1S/C12H19BrN2O2S/c1-11(5-7-13)10-15-18(16,17)9-6-12-4-2-3-8-14-12/h2-4,8,11,15H,5-7,9-10H2,1H3. The summed E-state index contributed by atoms with van der Waals surface area (Å²) in [4.78, 5) is 4.11. The highest BCUT2D eigenvalue weighted by molar-refractivity contribution is 9.09. The van der Waals surface area contributed by atoms with Crippen LogP contribution in [0.15, 0.2) is 24.4 Å². The summed E-state index contributed by atoms with van der Waals surface area (Å²) in [5.74, 6) is 0.430. The Morgan fingerprint density at radius 3 is 2.83 bits per heavy atom. The molecule has 1 heterocycles. The summed E-state index contributed by atoms with van der Waals surface area (Å²) < 4.78 is 26.2. The van der Waals surface area contributed by atoms with Gasteiger partial charge >= 0.3 is 0 Å². The molecular formula is C12H19BrN2O2S. The number of sulfonamides is 1. The second kappa shape index (κ2) is 7.86. The molecule has 102 valence electrons. The van der Waals surface area contributed by atoms with Crippen molar-refractivity contribution in [1.29, 1.82) is 0 Å². The van der Waals surface area contributed by atoms with Gasteiger partial charge in [-0.05, 0) is 24.5 Å². The molecule has 1 unspecified atom stereocenters. The second-order valence-corrected chi connectivity index (χ2v) is 7.04. The maximum atomic E-state index is 11.8. The molecule has 18 heavy (non-hydrogen) atoms. The molecule has 0 aliphatic rings. The van der Waals surface area contributed by atoms with E-state index in [0.717, 1.165) is 17.4 Å². The van der Waals surface area contributed by atoms with Gasteiger partial charge in [0.2, 0.25) is 10.0 Å². The van der Waals surface area contributed by atoms with Gasteiger partial charge in [0.1, 0.15) is 0 Å². The van der Waals surface area contributed by atoms with Gasteiger partial charge in [-0.2, -0.15) is 0 Å². The SMILES string of the molecule is CC(CCBr)CNS(=O)(=O)CCc1ccccn1. The Labute approximate surface area is 117 Å². The Morgan fingerprint density at radius 2 is 2.22 bits per heavy atom. The number of pyridine rings is 1. The molecule has 0 saturated carbocycles. The molecule has 1 aromatic heterocycles. The highest BCUT2D eigenvalue weighted by atomic mass is 79.9. The Balaban J connectivity index is 2.36. The number of hydrogen-bond donors (Lipinski definition) is 1. The third-order valence-corrected chi connectivity index (χ3v) is 4.41. The Morgan fingerprint density at radius 1 is 1.44 bits per heavy atom. The lowest BCUT2D eigenvalue weighted by Gasteiger charge is -2.11. The van der Waals surface area contributed by atoms with Gasteiger partial charge in [0.05, 0.1) is 5.75 Å². The molecule has 1 aromatic rings. The molecule has 0 aromatic carbocycles. The van der Waals surface area contributed by atoms with Gasteiger partial charge < -0.3 is 0 Å². The van der Waals surface area contributed by atoms with Gasteiger partial charge in [-0.15, -0.1) is 0 Å². The molecule has 0 radical (unpaired) electrons. The van der Waals surface area contributed by atoms with Crippen molar-refractivity contribution in [3.05, 3.63) is 30.1 Å². The Bertz CT molecular complexity index is 437. The minimum atomic E-state index is -3.20. The molecule has 0 aliphatic heterocycles. The van der Waals surface area contributed by atoms with Crippen molar-refractivity contribution < 1.29 is 8.42 Å². The van der Waals surface area contributed by atoms with Crippen LogP contribution < -0.4 is 4.72 Å². The van der Waals surface area contributed by atoms with E-state index in [2.05, 4.69) is 25.6 Å². The predicted molar refractivity (Wildman–Crippen MR) is 77.3 cm³/mol. The van der Waals surface area contributed by atoms with Crippen LogP contribution in [0.5, 0.6) is 0 Å². The molecule has 0 spiro atoms. The molecule has 0 fully saturated rings. The lowest BCUT2D eigenvalue weighted by atomic mass is 10.1. The lowest BCUT2D eigenvalue weighted by Crippen LogP contribution is -2.31. The average molecular weight is 335 g/mol. The maximum absolute atomic E-state index is 11.8. The van der Waals surface area contributed by atoms with E-state index >= 15 is 0 Å². The normalized spacial score (nSPS) is 13.4. The van der Waals surface area contributed by atoms with Crippen LogP contribution in [0.4, 0.5) is 0 Å². The molecule has 1 rings (SSSR count). The number of hydrogen-bond acceptors (Lipinski definition) is 3. The van der Waals surface area contributed by atoms with Crippen LogP contribution in [0, 0.1) is 5.92 Å². The minimum absolute atomic E-state index is 0.0883. The van der Waals surface area contributed by atoms with E-state index in [1.807, 2.05) is 25.1 Å². The van der Waals surface area contributed by atoms with E-state index < -0.39 is 10.0 Å². The quantitative estimate of drug-likeness (QED) is 0.739. The zero-order valence-electron chi connectivity index (χ0n) is 10.5. The van der Waals surface area contributed by atoms with Gasteiger partial charge in [-0.1, -0.05) is 28.9 Å². The van der Waals surface area contributed by atoms with Gasteiger partial charge in [-0.3, -0.25) is 4.98 Å². The minimum Gasteiger partial charge on any atom is -0.261 e. The predicted octanol–water partition coefficient (Wildman–Crippen LogP) is 1.96. The van der Waals surface area contributed by atoms with E-state index in [9.17, 15) is 8.42 Å². The first-order valence-electron chi connectivity index (χ1n) is 5.96. The summed E-state index contributed by atoms with van der Waals surface area (Å²) in [5, 5.41) is 0.893. The number of alkyl halides is 1. The number of rotatable bonds is 8. The fourth-order valence-corrected chi connectivity index (χ4v) is 3.36. The molecule has 0 aliphatic carbocycles. The third-order valence-electron chi connectivity index (χ3n) is 2.61. The highest BCUT2D eigenvalue weighted by Gasteiger charge is 2.12. The van der Waals surface area contributed by atoms with Crippen molar-refractivity contribution in [2.24, 2.45) is 5.92 Å². The summed E-state index contributed by atoms with van der Waals surface area (Å²) in [5.41, 5.74) is 0.802. The average Bonchev–Trinajstić information content (AvgIpc) is 2.36. The van der Waals surface area contributed by atoms with E-state index in [1.54, 1.807) is 6.20 Å². The van der Waals surface area contributed by atoms with Crippen LogP contribution in [-0.4, -0.2) is 31.0 Å². The Kier molecular flexibility index (Phi) is 6.81. The summed E-state index contributed by atoms with van der Waals surface area (Å²) in [6.07, 6.45) is 3.08. The van der Waals surface area contributed by atoms with E-state index in [4.69, 9.17) is 0 Å². The molecule has 0 bridgehead atoms. The van der Waals surface area contributed by atoms with Crippen molar-refractivity contribution in [3.63, 3.8) is 0 Å². The van der Waals surface area contributed by atoms with Crippen molar-refractivity contribution in [3.8, 4) is 0 Å². The van der Waals surface area contributed by atoms with Crippen molar-refractivity contribution in [2.75, 3.05) is 17.6 Å². The van der Waals surface area contributed by atoms with E-state index in [1.165, 1.54) is 0 Å². The molecular weight excluding hydrogens is 316 g/mol. The largest absolute Gasteiger partial charge is 0.261 e. The Hall–Kier alpha value is -0.460. The van der Waals surface area contributed by atoms with Gasteiger partial charge in [0, 0.05) is 30.2 Å². The number of halogens is 1. The fraction of sp³-hybridized carbons (Fsp3) is 0.583. The van der Waals surface area contributed by atoms with Crippen LogP contribution in [-0.2, 0) is 16.4 Å². The zero-order valence-corrected chi connectivity index (χ0v) is 12.9. The van der Waals surface area contributed by atoms with Gasteiger partial charge in [0.25, 0.3) is 0 Å². The van der Waals surface area contributed by atoms with E-state index in [-0.39, 0.29) is 5.75 Å². The first-order valence-corrected chi connectivity index (χ1v) is 8.74. The molecule has 4 nitrogen and oxygen atoms in total. The van der Waals surface area contributed by atoms with Crippen LogP contribution in [0.3, 0.4) is 0 Å². The van der Waals surface area contributed by atoms with Gasteiger partial charge in [-0.25, -0.2) is 13.1 Å². The van der Waals surface area contributed by atoms with E-state index in [0.29, 0.717) is 18.9 Å². The first-order chi connectivity index (χ1) is 8.53. The molecule has 0 amide bonds. The fourth-order valence-electron chi connectivity index (χ4n) is 1.41. The first kappa shape index (κ1) is 15.6. The van der Waals surface area contributed by atoms with Crippen molar-refractivity contribution >= 4 is 26.0 Å². The maximum Gasteiger partial charge on any atom is 0.211 e. The molecule has 6 heteroatoms. The topological polar surface area (TPSA) is 59.1 Å². The number of nitrogens with zero attached hydrogens (tertiary/aromatic N) is 1. The molecule has 1 N–H and O–H groups in total. The van der Waals surface area contributed by atoms with Crippen LogP contribution in [0.25, 0.3) is 0 Å². The summed E-state index contributed by atoms with van der Waals surface area (Å²) in [7, 11) is -3.20. The molecule has 0 saturated heterocycles. The lowest BCUT2D eigenvalue weighted by molar-refractivity contribution is 0.531. The van der Waals surface area contributed by atoms with Crippen molar-refractivity contribution in [1.82, 2.24) is 9.71 Å². The monoisotopic (exact) mass is 334 g/mol. The third kappa shape index (κ3) is 6.47. The zero-order chi connectivity index (χ0) is 13.4. The summed E-state index contributed by atoms with van der Waals surface area (Å²) >= 11 is 3.35. The number of nitrogens with one attached hydrogen (secondary N) is 1. The van der Waals surface area contributed by atoms with Crippen LogP contribution in [0.1, 0.15) is 19.0 Å². The van der Waals surface area contributed by atoms with Crippen LogP contribution >= 0.6 is 15.9 Å². The van der Waals surface area contributed by atoms with Crippen LogP contribution in [0.2, 0.25) is 0 Å². The van der Waals surface area contributed by atoms with Crippen molar-refractivity contribution in [2.45, 2.75) is 19.8 Å². The summed E-state index contributed by atoms with van der Waals surface area (Å²) in [6, 6.07) is 5.52.